The van der Waals surface area contributed by atoms with Crippen LogP contribution in [0, 0.1) is 11.3 Å². The molecule has 1 atom stereocenters. The fraction of sp³-hybridized carbons (Fsp3) is 0.350. The molecular formula is C20H23N3O. The molecule has 1 fully saturated rings. The standard InChI is InChI=1S/C20H23N3O/c21-12-18-8-4-5-9-19(18)14-23-11-10-22(15-20(24)16-23)13-17-6-2-1-3-7-17/h1-9,20,24H,10-11,13-16H2/t20-/m1/s1. The zero-order valence-corrected chi connectivity index (χ0v) is 13.8. The second-order valence-corrected chi connectivity index (χ2v) is 6.38. The van der Waals surface area contributed by atoms with Crippen molar-refractivity contribution in [1.82, 2.24) is 9.80 Å². The molecule has 2 aromatic carbocycles. The number of nitrogens with zero attached hydrogens (tertiary/aromatic N) is 3. The van der Waals surface area contributed by atoms with Crippen LogP contribution in [0.15, 0.2) is 54.6 Å². The van der Waals surface area contributed by atoms with Crippen LogP contribution in [0.1, 0.15) is 16.7 Å². The molecule has 0 bridgehead atoms. The first-order valence-corrected chi connectivity index (χ1v) is 8.39. The molecule has 1 heterocycles. The molecule has 0 spiro atoms. The third-order valence-electron chi connectivity index (χ3n) is 4.45. The predicted octanol–water partition coefficient (Wildman–Crippen LogP) is 2.24. The summed E-state index contributed by atoms with van der Waals surface area (Å²) in [6, 6.07) is 20.3. The summed E-state index contributed by atoms with van der Waals surface area (Å²) in [5.74, 6) is 0. The van der Waals surface area contributed by atoms with Crippen LogP contribution in [0.5, 0.6) is 0 Å². The highest BCUT2D eigenvalue weighted by Gasteiger charge is 2.21. The molecule has 4 heteroatoms. The highest BCUT2D eigenvalue weighted by atomic mass is 16.3. The molecular weight excluding hydrogens is 298 g/mol. The Morgan fingerprint density at radius 3 is 2.25 bits per heavy atom. The molecule has 2 aromatic rings. The van der Waals surface area contributed by atoms with Crippen LogP contribution < -0.4 is 0 Å². The summed E-state index contributed by atoms with van der Waals surface area (Å²) in [6.07, 6.45) is -0.370. The van der Waals surface area contributed by atoms with Crippen molar-refractivity contribution in [1.29, 1.82) is 5.26 Å². The highest BCUT2D eigenvalue weighted by Crippen LogP contribution is 2.14. The lowest BCUT2D eigenvalue weighted by Crippen LogP contribution is -2.33. The lowest BCUT2D eigenvalue weighted by atomic mass is 10.1. The molecule has 1 saturated heterocycles. The summed E-state index contributed by atoms with van der Waals surface area (Å²) in [7, 11) is 0. The fourth-order valence-electron chi connectivity index (χ4n) is 3.26. The first-order valence-electron chi connectivity index (χ1n) is 8.39. The minimum Gasteiger partial charge on any atom is -0.390 e. The summed E-state index contributed by atoms with van der Waals surface area (Å²) in [5, 5.41) is 19.6. The second-order valence-electron chi connectivity index (χ2n) is 6.38. The first kappa shape index (κ1) is 16.7. The van der Waals surface area contributed by atoms with Crippen LogP contribution in [0.2, 0.25) is 0 Å². The third kappa shape index (κ3) is 4.42. The maximum Gasteiger partial charge on any atom is 0.0995 e. The Bertz CT molecular complexity index is 696. The topological polar surface area (TPSA) is 50.5 Å². The molecule has 124 valence electrons. The molecule has 1 N–H and O–H groups in total. The minimum absolute atomic E-state index is 0.370. The SMILES string of the molecule is N#Cc1ccccc1CN1CCN(Cc2ccccc2)C[C@@H](O)C1. The largest absolute Gasteiger partial charge is 0.390 e. The zero-order valence-electron chi connectivity index (χ0n) is 13.8. The van der Waals surface area contributed by atoms with Gasteiger partial charge in [-0.3, -0.25) is 9.80 Å². The predicted molar refractivity (Wildman–Crippen MR) is 94.2 cm³/mol. The van der Waals surface area contributed by atoms with Gasteiger partial charge in [0.25, 0.3) is 0 Å². The maximum absolute atomic E-state index is 10.4. The molecule has 0 amide bonds. The van der Waals surface area contributed by atoms with Crippen molar-refractivity contribution in [2.75, 3.05) is 26.2 Å². The summed E-state index contributed by atoms with van der Waals surface area (Å²) in [6.45, 7) is 4.71. The normalized spacial score (nSPS) is 19.6. The Kier molecular flexibility index (Phi) is 5.60. The van der Waals surface area contributed by atoms with Gasteiger partial charge in [0.1, 0.15) is 0 Å². The van der Waals surface area contributed by atoms with E-state index in [1.54, 1.807) is 0 Å². The van der Waals surface area contributed by atoms with E-state index in [0.717, 1.165) is 30.8 Å². The number of aliphatic hydroxyl groups excluding tert-OH is 1. The van der Waals surface area contributed by atoms with Gasteiger partial charge in [-0.25, -0.2) is 0 Å². The van der Waals surface area contributed by atoms with Crippen molar-refractivity contribution < 1.29 is 5.11 Å². The van der Waals surface area contributed by atoms with E-state index < -0.39 is 0 Å². The Morgan fingerprint density at radius 1 is 0.917 bits per heavy atom. The Labute approximate surface area is 143 Å². The molecule has 0 aromatic heterocycles. The number of benzene rings is 2. The average molecular weight is 321 g/mol. The molecule has 0 saturated carbocycles. The Morgan fingerprint density at radius 2 is 1.54 bits per heavy atom. The van der Waals surface area contributed by atoms with Gasteiger partial charge in [0.15, 0.2) is 0 Å². The Balaban J connectivity index is 1.63. The number of β-amino-alcohol motifs (C(OH)–C–C–N with tert-alkyl or cyclic N) is 1. The van der Waals surface area contributed by atoms with Gasteiger partial charge >= 0.3 is 0 Å². The Hall–Kier alpha value is -2.19. The number of aliphatic hydroxyl groups is 1. The van der Waals surface area contributed by atoms with Crippen molar-refractivity contribution in [3.05, 3.63) is 71.3 Å². The van der Waals surface area contributed by atoms with E-state index in [2.05, 4.69) is 40.1 Å². The lowest BCUT2D eigenvalue weighted by molar-refractivity contribution is 0.106. The van der Waals surface area contributed by atoms with Crippen LogP contribution in [0.3, 0.4) is 0 Å². The lowest BCUT2D eigenvalue weighted by Gasteiger charge is -2.22. The first-order chi connectivity index (χ1) is 11.7. The summed E-state index contributed by atoms with van der Waals surface area (Å²) in [5.41, 5.74) is 3.02. The summed E-state index contributed by atoms with van der Waals surface area (Å²) >= 11 is 0. The van der Waals surface area contributed by atoms with E-state index in [4.69, 9.17) is 0 Å². The fourth-order valence-corrected chi connectivity index (χ4v) is 3.26. The van der Waals surface area contributed by atoms with E-state index in [9.17, 15) is 10.4 Å². The van der Waals surface area contributed by atoms with E-state index in [1.165, 1.54) is 5.56 Å². The minimum atomic E-state index is -0.370. The van der Waals surface area contributed by atoms with E-state index >= 15 is 0 Å². The third-order valence-corrected chi connectivity index (χ3v) is 4.45. The highest BCUT2D eigenvalue weighted by molar-refractivity contribution is 5.37. The van der Waals surface area contributed by atoms with Crippen LogP contribution in [0.4, 0.5) is 0 Å². The van der Waals surface area contributed by atoms with Crippen LogP contribution in [0.25, 0.3) is 0 Å². The van der Waals surface area contributed by atoms with E-state index in [0.29, 0.717) is 19.6 Å². The van der Waals surface area contributed by atoms with Crippen molar-refractivity contribution in [3.63, 3.8) is 0 Å². The van der Waals surface area contributed by atoms with Gasteiger partial charge in [-0.2, -0.15) is 5.26 Å². The smallest absolute Gasteiger partial charge is 0.0995 e. The van der Waals surface area contributed by atoms with Gasteiger partial charge in [0.05, 0.1) is 17.7 Å². The number of rotatable bonds is 4. The van der Waals surface area contributed by atoms with Crippen molar-refractivity contribution >= 4 is 0 Å². The van der Waals surface area contributed by atoms with Gasteiger partial charge in [0.2, 0.25) is 0 Å². The molecule has 0 aliphatic carbocycles. The van der Waals surface area contributed by atoms with Crippen molar-refractivity contribution in [2.45, 2.75) is 19.2 Å². The second kappa shape index (κ2) is 8.07. The number of hydrogen-bond donors (Lipinski definition) is 1. The van der Waals surface area contributed by atoms with Gasteiger partial charge in [-0.1, -0.05) is 48.5 Å². The van der Waals surface area contributed by atoms with Crippen molar-refractivity contribution in [3.8, 4) is 6.07 Å². The quantitative estimate of drug-likeness (QED) is 0.938. The van der Waals surface area contributed by atoms with E-state index in [1.807, 2.05) is 30.3 Å². The summed E-state index contributed by atoms with van der Waals surface area (Å²) in [4.78, 5) is 4.54. The maximum atomic E-state index is 10.4. The average Bonchev–Trinajstić information content (AvgIpc) is 2.77. The van der Waals surface area contributed by atoms with Gasteiger partial charge < -0.3 is 5.11 Å². The molecule has 1 aliphatic heterocycles. The number of hydrogen-bond acceptors (Lipinski definition) is 4. The van der Waals surface area contributed by atoms with Gasteiger partial charge in [-0.15, -0.1) is 0 Å². The van der Waals surface area contributed by atoms with E-state index in [-0.39, 0.29) is 6.10 Å². The van der Waals surface area contributed by atoms with Gasteiger partial charge in [-0.05, 0) is 17.2 Å². The van der Waals surface area contributed by atoms with Crippen LogP contribution in [-0.2, 0) is 13.1 Å². The molecule has 4 nitrogen and oxygen atoms in total. The molecule has 3 rings (SSSR count). The van der Waals surface area contributed by atoms with Gasteiger partial charge in [0, 0.05) is 39.3 Å². The molecule has 0 unspecified atom stereocenters. The zero-order chi connectivity index (χ0) is 16.8. The van der Waals surface area contributed by atoms with Crippen LogP contribution in [-0.4, -0.2) is 47.2 Å². The van der Waals surface area contributed by atoms with Crippen LogP contribution >= 0.6 is 0 Å². The van der Waals surface area contributed by atoms with Crippen molar-refractivity contribution in [2.24, 2.45) is 0 Å². The summed E-state index contributed by atoms with van der Waals surface area (Å²) < 4.78 is 0. The number of nitriles is 1. The molecule has 0 radical (unpaired) electrons. The molecule has 24 heavy (non-hydrogen) atoms. The monoisotopic (exact) mass is 321 g/mol. The molecule has 1 aliphatic rings.